The Bertz CT molecular complexity index is 2750. The second-order valence-corrected chi connectivity index (χ2v) is 19.8. The van der Waals surface area contributed by atoms with Crippen LogP contribution in [-0.4, -0.2) is 78.4 Å². The Labute approximate surface area is 433 Å². The molecule has 0 aromatic heterocycles. The molecule has 0 spiro atoms. The van der Waals surface area contributed by atoms with E-state index in [1.165, 1.54) is 12.1 Å². The minimum atomic E-state index is -1.21. The summed E-state index contributed by atoms with van der Waals surface area (Å²) in [4.78, 5) is 68.3. The second-order valence-electron chi connectivity index (χ2n) is 19.8. The zero-order valence-electron chi connectivity index (χ0n) is 42.6. The number of phenolic OH excluding ortho intramolecular Hbond substituents is 1. The summed E-state index contributed by atoms with van der Waals surface area (Å²) in [7, 11) is 0. The fourth-order valence-electron chi connectivity index (χ4n) is 9.55. The van der Waals surface area contributed by atoms with Crippen molar-refractivity contribution in [2.24, 2.45) is 5.73 Å². The van der Waals surface area contributed by atoms with E-state index < -0.39 is 59.2 Å². The van der Waals surface area contributed by atoms with Gasteiger partial charge in [-0.3, -0.25) is 14.9 Å². The Morgan fingerprint density at radius 2 is 1.11 bits per heavy atom. The maximum atomic E-state index is 14.7. The number of carbonyl (C=O) groups is 5. The highest BCUT2D eigenvalue weighted by molar-refractivity contribution is 5.93. The number of fused-ring (bicyclic) bond motifs is 3. The van der Waals surface area contributed by atoms with Crippen LogP contribution in [0.1, 0.15) is 97.7 Å². The summed E-state index contributed by atoms with van der Waals surface area (Å²) in [5.74, 6) is -2.18. The van der Waals surface area contributed by atoms with Gasteiger partial charge in [0.15, 0.2) is 0 Å². The first-order valence-corrected chi connectivity index (χ1v) is 25.3. The van der Waals surface area contributed by atoms with E-state index in [-0.39, 0.29) is 50.5 Å². The van der Waals surface area contributed by atoms with Gasteiger partial charge in [-0.05, 0) is 123 Å². The number of hydrogen-bond donors (Lipinski definition) is 7. The van der Waals surface area contributed by atoms with Crippen LogP contribution >= 0.6 is 0 Å². The number of nitrogens with one attached hydrogen (secondary N) is 5. The normalized spacial score (nSPS) is 13.3. The van der Waals surface area contributed by atoms with Gasteiger partial charge in [0.05, 0.1) is 5.54 Å². The van der Waals surface area contributed by atoms with Crippen molar-refractivity contribution in [2.45, 2.75) is 101 Å². The Balaban J connectivity index is 1.12. The van der Waals surface area contributed by atoms with E-state index in [2.05, 4.69) is 82.0 Å². The number of phenols is 1. The van der Waals surface area contributed by atoms with Crippen molar-refractivity contribution in [3.63, 3.8) is 0 Å². The van der Waals surface area contributed by atoms with Crippen molar-refractivity contribution in [3.05, 3.63) is 197 Å². The largest absolute Gasteiger partial charge is 0.508 e. The summed E-state index contributed by atoms with van der Waals surface area (Å²) < 4.78 is 11.6. The molecule has 3 atom stereocenters. The third-order valence-corrected chi connectivity index (χ3v) is 13.1. The number of amides is 5. The van der Waals surface area contributed by atoms with E-state index in [4.69, 9.17) is 15.2 Å². The Morgan fingerprint density at radius 1 is 0.595 bits per heavy atom. The molecule has 14 nitrogen and oxygen atoms in total. The number of esters is 1. The van der Waals surface area contributed by atoms with Gasteiger partial charge in [-0.25, -0.2) is 14.4 Å². The smallest absolute Gasteiger partial charge is 0.407 e. The number of unbranched alkanes of at least 4 members (excludes halogenated alkanes) is 1. The summed E-state index contributed by atoms with van der Waals surface area (Å²) in [6.45, 7) is 7.86. The van der Waals surface area contributed by atoms with E-state index in [0.717, 1.165) is 44.5 Å². The number of carbonyl (C=O) groups excluding carboxylic acids is 5. The maximum absolute atomic E-state index is 14.7. The number of benzene rings is 6. The van der Waals surface area contributed by atoms with Gasteiger partial charge < -0.3 is 41.6 Å². The Hall–Kier alpha value is -7.97. The minimum absolute atomic E-state index is 0.00330. The lowest BCUT2D eigenvalue weighted by molar-refractivity contribution is -0.158. The third kappa shape index (κ3) is 14.2. The van der Waals surface area contributed by atoms with Crippen molar-refractivity contribution < 1.29 is 38.6 Å². The van der Waals surface area contributed by atoms with Crippen molar-refractivity contribution in [2.75, 3.05) is 19.7 Å². The van der Waals surface area contributed by atoms with Crippen LogP contribution in [-0.2, 0) is 35.8 Å². The van der Waals surface area contributed by atoms with Gasteiger partial charge in [0.1, 0.15) is 36.1 Å². The lowest BCUT2D eigenvalue weighted by atomic mass is 9.76. The molecule has 386 valence electrons. The van der Waals surface area contributed by atoms with Gasteiger partial charge in [0.2, 0.25) is 11.8 Å². The summed E-state index contributed by atoms with van der Waals surface area (Å²) >= 11 is 0. The molecule has 74 heavy (non-hydrogen) atoms. The van der Waals surface area contributed by atoms with Crippen molar-refractivity contribution in [1.82, 2.24) is 26.6 Å². The minimum Gasteiger partial charge on any atom is -0.508 e. The first-order chi connectivity index (χ1) is 35.6. The molecule has 0 saturated heterocycles. The summed E-state index contributed by atoms with van der Waals surface area (Å²) in [6, 6.07) is 46.8. The number of ether oxygens (including phenoxy) is 2. The first-order valence-electron chi connectivity index (χ1n) is 25.3. The molecule has 6 aromatic rings. The molecule has 1 aliphatic rings. The standard InChI is InChI=1S/C60H68N6O8/c1-40-28-32-44(33-29-40)60(42-18-7-5-8-19-42,43-20-9-6-10-21-43)63-37-16-15-26-51(54(68)65-53(56(70)74-59(2,3)4)38-41-30-34-45(67)35-31-41)64-55(69)52(27-17-36-62-57(61)71)66-58(72)73-39-50-48-24-13-11-22-46(48)47-23-12-14-25-49(47)50/h5-14,18-25,28-35,50-53,63,67H,15-17,26-27,36-39H2,1-4H3,(H,64,69)(H,65,68)(H,66,72)(H3,61,62,71)/t51-,52-,53-/m0/s1. The molecule has 0 unspecified atom stereocenters. The van der Waals surface area contributed by atoms with Gasteiger partial charge in [0.25, 0.3) is 0 Å². The molecule has 0 aliphatic heterocycles. The fraction of sp³-hybridized carbons (Fsp3) is 0.317. The molecular formula is C60H68N6O8. The molecule has 6 aromatic carbocycles. The zero-order chi connectivity index (χ0) is 52.7. The molecule has 7 rings (SSSR count). The zero-order valence-corrected chi connectivity index (χ0v) is 42.6. The van der Waals surface area contributed by atoms with Crippen LogP contribution in [0.4, 0.5) is 9.59 Å². The van der Waals surface area contributed by atoms with Crippen LogP contribution in [0.15, 0.2) is 158 Å². The Morgan fingerprint density at radius 3 is 1.68 bits per heavy atom. The highest BCUT2D eigenvalue weighted by atomic mass is 16.6. The van der Waals surface area contributed by atoms with Gasteiger partial charge >= 0.3 is 18.1 Å². The molecule has 0 heterocycles. The number of nitrogens with two attached hydrogens (primary N) is 1. The van der Waals surface area contributed by atoms with E-state index in [9.17, 15) is 29.1 Å². The predicted molar refractivity (Wildman–Crippen MR) is 286 cm³/mol. The number of rotatable bonds is 23. The molecular weight excluding hydrogens is 933 g/mol. The van der Waals surface area contributed by atoms with E-state index in [1.54, 1.807) is 32.9 Å². The highest BCUT2D eigenvalue weighted by Crippen LogP contribution is 2.44. The molecule has 0 saturated carbocycles. The number of aromatic hydroxyl groups is 1. The summed E-state index contributed by atoms with van der Waals surface area (Å²) in [6.07, 6.45) is 0.646. The summed E-state index contributed by atoms with van der Waals surface area (Å²) in [5, 5.41) is 24.9. The van der Waals surface area contributed by atoms with Crippen molar-refractivity contribution >= 4 is 29.9 Å². The summed E-state index contributed by atoms with van der Waals surface area (Å²) in [5.41, 5.74) is 12.8. The molecule has 0 radical (unpaired) electrons. The van der Waals surface area contributed by atoms with Crippen molar-refractivity contribution in [3.8, 4) is 16.9 Å². The van der Waals surface area contributed by atoms with Crippen LogP contribution in [0, 0.1) is 6.92 Å². The monoisotopic (exact) mass is 1000 g/mol. The fourth-order valence-corrected chi connectivity index (χ4v) is 9.55. The van der Waals surface area contributed by atoms with Gasteiger partial charge in [-0.1, -0.05) is 151 Å². The molecule has 0 bridgehead atoms. The molecule has 1 aliphatic carbocycles. The van der Waals surface area contributed by atoms with Crippen LogP contribution in [0.3, 0.4) is 0 Å². The van der Waals surface area contributed by atoms with Gasteiger partial charge in [-0.15, -0.1) is 0 Å². The Kier molecular flexibility index (Phi) is 18.3. The number of primary amides is 1. The molecule has 0 fully saturated rings. The van der Waals surface area contributed by atoms with E-state index in [1.807, 2.05) is 84.9 Å². The molecule has 8 N–H and O–H groups in total. The molecule has 14 heteroatoms. The average Bonchev–Trinajstić information content (AvgIpc) is 3.71. The van der Waals surface area contributed by atoms with Crippen molar-refractivity contribution in [1.29, 1.82) is 0 Å². The van der Waals surface area contributed by atoms with Gasteiger partial charge in [0, 0.05) is 18.9 Å². The van der Waals surface area contributed by atoms with E-state index >= 15 is 0 Å². The van der Waals surface area contributed by atoms with E-state index in [0.29, 0.717) is 24.9 Å². The lowest BCUT2D eigenvalue weighted by Crippen LogP contribution is -2.56. The number of hydrogen-bond acceptors (Lipinski definition) is 9. The number of alkyl carbamates (subject to hydrolysis) is 1. The van der Waals surface area contributed by atoms with Crippen LogP contribution < -0.4 is 32.3 Å². The lowest BCUT2D eigenvalue weighted by Gasteiger charge is -2.37. The maximum Gasteiger partial charge on any atom is 0.407 e. The van der Waals surface area contributed by atoms with Gasteiger partial charge in [-0.2, -0.15) is 0 Å². The third-order valence-electron chi connectivity index (χ3n) is 13.1. The second kappa shape index (κ2) is 25.1. The quantitative estimate of drug-likeness (QED) is 0.0186. The predicted octanol–water partition coefficient (Wildman–Crippen LogP) is 8.66. The number of urea groups is 1. The van der Waals surface area contributed by atoms with Crippen LogP contribution in [0.5, 0.6) is 5.75 Å². The number of aryl methyl sites for hydroxylation is 1. The highest BCUT2D eigenvalue weighted by Gasteiger charge is 2.37. The van der Waals surface area contributed by atoms with Crippen LogP contribution in [0.2, 0.25) is 0 Å². The first kappa shape index (κ1) is 53.8. The average molecular weight is 1000 g/mol. The molecule has 5 amide bonds. The topological polar surface area (TPSA) is 210 Å². The SMILES string of the molecule is Cc1ccc(C(NCCCC[C@H](NC(=O)[C@H](CCCNC(N)=O)NC(=O)OCC2c3ccccc3-c3ccccc32)C(=O)N[C@@H](Cc2ccc(O)cc2)C(=O)OC(C)(C)C)(c2ccccc2)c2ccccc2)cc1. The van der Waals surface area contributed by atoms with Crippen LogP contribution in [0.25, 0.3) is 11.1 Å².